The highest BCUT2D eigenvalue weighted by molar-refractivity contribution is 7.98. The minimum atomic E-state index is 0.863. The number of thioether (sulfide) groups is 1. The van der Waals surface area contributed by atoms with Gasteiger partial charge in [0.25, 0.3) is 0 Å². The van der Waals surface area contributed by atoms with Gasteiger partial charge in [-0.1, -0.05) is 30.3 Å². The van der Waals surface area contributed by atoms with Crippen LogP contribution in [-0.2, 0) is 11.3 Å². The number of nitrogens with one attached hydrogen (secondary N) is 1. The molecule has 0 heterocycles. The average Bonchev–Trinajstić information content (AvgIpc) is 2.34. The van der Waals surface area contributed by atoms with Crippen LogP contribution in [0.5, 0.6) is 0 Å². The first-order chi connectivity index (χ1) is 7.93. The summed E-state index contributed by atoms with van der Waals surface area (Å²) < 4.78 is 5.47. The molecule has 0 atom stereocenters. The monoisotopic (exact) mass is 239 g/mol. The molecule has 3 heteroatoms. The van der Waals surface area contributed by atoms with Gasteiger partial charge in [-0.05, 0) is 24.8 Å². The second kappa shape index (κ2) is 9.70. The fraction of sp³-hybridized carbons (Fsp3) is 0.538. The molecule has 0 aliphatic heterocycles. The summed E-state index contributed by atoms with van der Waals surface area (Å²) in [6.45, 7) is 3.71. The van der Waals surface area contributed by atoms with E-state index in [1.807, 2.05) is 17.8 Å². The summed E-state index contributed by atoms with van der Waals surface area (Å²) in [7, 11) is 0. The molecule has 0 fully saturated rings. The van der Waals surface area contributed by atoms with Crippen LogP contribution in [0.25, 0.3) is 0 Å². The van der Waals surface area contributed by atoms with Gasteiger partial charge in [-0.3, -0.25) is 0 Å². The summed E-state index contributed by atoms with van der Waals surface area (Å²) in [6, 6.07) is 10.5. The molecule has 1 rings (SSSR count). The summed E-state index contributed by atoms with van der Waals surface area (Å²) in [5.41, 5.74) is 1.34. The number of benzene rings is 1. The molecule has 0 aliphatic carbocycles. The predicted molar refractivity (Wildman–Crippen MR) is 72.0 cm³/mol. The molecular formula is C13H21NOS. The maximum absolute atomic E-state index is 5.47. The van der Waals surface area contributed by atoms with E-state index in [0.717, 1.165) is 38.5 Å². The molecule has 1 aromatic rings. The molecule has 0 saturated heterocycles. The Kier molecular flexibility index (Phi) is 8.22. The van der Waals surface area contributed by atoms with Gasteiger partial charge in [-0.2, -0.15) is 11.8 Å². The molecule has 90 valence electrons. The molecule has 0 unspecified atom stereocenters. The van der Waals surface area contributed by atoms with Crippen molar-refractivity contribution in [2.24, 2.45) is 0 Å². The summed E-state index contributed by atoms with van der Waals surface area (Å²) in [5.74, 6) is 1.09. The third-order valence-corrected chi connectivity index (χ3v) is 2.82. The molecule has 1 N–H and O–H groups in total. The van der Waals surface area contributed by atoms with Gasteiger partial charge < -0.3 is 10.1 Å². The third-order valence-electron chi connectivity index (χ3n) is 2.25. The zero-order valence-electron chi connectivity index (χ0n) is 9.95. The predicted octanol–water partition coefficient (Wildman–Crippen LogP) is 2.55. The highest BCUT2D eigenvalue weighted by Crippen LogP contribution is 1.97. The molecule has 0 aliphatic rings. The van der Waals surface area contributed by atoms with Crippen LogP contribution in [0.2, 0.25) is 0 Å². The largest absolute Gasteiger partial charge is 0.381 e. The molecule has 2 nitrogen and oxygen atoms in total. The van der Waals surface area contributed by atoms with Gasteiger partial charge in [0.2, 0.25) is 0 Å². The Morgan fingerprint density at radius 3 is 2.75 bits per heavy atom. The van der Waals surface area contributed by atoms with Crippen molar-refractivity contribution in [1.29, 1.82) is 0 Å². The number of rotatable bonds is 9. The number of hydrogen-bond acceptors (Lipinski definition) is 3. The molecule has 0 spiro atoms. The zero-order valence-corrected chi connectivity index (χ0v) is 10.8. The smallest absolute Gasteiger partial charge is 0.0556 e. The van der Waals surface area contributed by atoms with Crippen LogP contribution in [-0.4, -0.2) is 31.8 Å². The molecule has 0 aromatic heterocycles. The van der Waals surface area contributed by atoms with Crippen LogP contribution in [0.1, 0.15) is 12.0 Å². The first-order valence-corrected chi connectivity index (χ1v) is 7.14. The van der Waals surface area contributed by atoms with E-state index in [1.165, 1.54) is 5.56 Å². The van der Waals surface area contributed by atoms with E-state index >= 15 is 0 Å². The number of ether oxygens (including phenoxy) is 1. The summed E-state index contributed by atoms with van der Waals surface area (Å²) in [5, 5.41) is 3.41. The summed E-state index contributed by atoms with van der Waals surface area (Å²) in [6.07, 6.45) is 3.19. The van der Waals surface area contributed by atoms with Crippen LogP contribution in [0.3, 0.4) is 0 Å². The highest BCUT2D eigenvalue weighted by atomic mass is 32.2. The van der Waals surface area contributed by atoms with E-state index in [9.17, 15) is 0 Å². The lowest BCUT2D eigenvalue weighted by Gasteiger charge is -2.05. The molecule has 0 bridgehead atoms. The topological polar surface area (TPSA) is 21.3 Å². The molecule has 0 amide bonds. The lowest BCUT2D eigenvalue weighted by molar-refractivity contribution is 0.147. The van der Waals surface area contributed by atoms with Gasteiger partial charge >= 0.3 is 0 Å². The van der Waals surface area contributed by atoms with Gasteiger partial charge in [0.05, 0.1) is 6.61 Å². The lowest BCUT2D eigenvalue weighted by Crippen LogP contribution is -2.16. The lowest BCUT2D eigenvalue weighted by atomic mass is 10.2. The Bertz CT molecular complexity index is 253. The fourth-order valence-corrected chi connectivity index (χ4v) is 1.66. The van der Waals surface area contributed by atoms with Crippen molar-refractivity contribution < 1.29 is 4.74 Å². The van der Waals surface area contributed by atoms with Crippen LogP contribution < -0.4 is 5.32 Å². The van der Waals surface area contributed by atoms with Crippen LogP contribution in [0.15, 0.2) is 30.3 Å². The van der Waals surface area contributed by atoms with Gasteiger partial charge in [0.1, 0.15) is 0 Å². The minimum Gasteiger partial charge on any atom is -0.381 e. The van der Waals surface area contributed by atoms with Crippen molar-refractivity contribution in [3.05, 3.63) is 35.9 Å². The first kappa shape index (κ1) is 13.6. The van der Waals surface area contributed by atoms with E-state index in [4.69, 9.17) is 4.74 Å². The molecule has 0 saturated carbocycles. The normalized spacial score (nSPS) is 10.6. The van der Waals surface area contributed by atoms with Gasteiger partial charge in [-0.15, -0.1) is 0 Å². The Morgan fingerprint density at radius 1 is 1.19 bits per heavy atom. The second-order valence-corrected chi connectivity index (χ2v) is 4.61. The van der Waals surface area contributed by atoms with E-state index in [1.54, 1.807) is 0 Å². The number of hydrogen-bond donors (Lipinski definition) is 1. The summed E-state index contributed by atoms with van der Waals surface area (Å²) >= 11 is 1.83. The van der Waals surface area contributed by atoms with Crippen molar-refractivity contribution >= 4 is 11.8 Å². The van der Waals surface area contributed by atoms with Gasteiger partial charge in [-0.25, -0.2) is 0 Å². The van der Waals surface area contributed by atoms with E-state index in [2.05, 4.69) is 35.8 Å². The SMILES string of the molecule is CSCCOCCCNCc1ccccc1. The van der Waals surface area contributed by atoms with Gasteiger partial charge in [0, 0.05) is 18.9 Å². The van der Waals surface area contributed by atoms with E-state index in [-0.39, 0.29) is 0 Å². The van der Waals surface area contributed by atoms with Crippen molar-refractivity contribution in [3.8, 4) is 0 Å². The maximum atomic E-state index is 5.47. The second-order valence-electron chi connectivity index (χ2n) is 3.62. The Morgan fingerprint density at radius 2 is 2.00 bits per heavy atom. The van der Waals surface area contributed by atoms with Gasteiger partial charge in [0.15, 0.2) is 0 Å². The summed E-state index contributed by atoms with van der Waals surface area (Å²) in [4.78, 5) is 0. The highest BCUT2D eigenvalue weighted by Gasteiger charge is 1.91. The Labute approximate surface area is 103 Å². The molecular weight excluding hydrogens is 218 g/mol. The van der Waals surface area contributed by atoms with Crippen molar-refractivity contribution in [2.75, 3.05) is 31.8 Å². The van der Waals surface area contributed by atoms with E-state index in [0.29, 0.717) is 0 Å². The van der Waals surface area contributed by atoms with Crippen molar-refractivity contribution in [1.82, 2.24) is 5.32 Å². The van der Waals surface area contributed by atoms with Crippen LogP contribution >= 0.6 is 11.8 Å². The van der Waals surface area contributed by atoms with Crippen molar-refractivity contribution in [3.63, 3.8) is 0 Å². The van der Waals surface area contributed by atoms with Crippen molar-refractivity contribution in [2.45, 2.75) is 13.0 Å². The Balaban J connectivity index is 1.89. The fourth-order valence-electron chi connectivity index (χ4n) is 1.37. The van der Waals surface area contributed by atoms with Crippen LogP contribution in [0.4, 0.5) is 0 Å². The molecule has 1 aromatic carbocycles. The third kappa shape index (κ3) is 6.88. The Hall–Kier alpha value is -0.510. The van der Waals surface area contributed by atoms with Crippen LogP contribution in [0, 0.1) is 0 Å². The first-order valence-electron chi connectivity index (χ1n) is 5.75. The average molecular weight is 239 g/mol. The quantitative estimate of drug-likeness (QED) is 0.669. The standard InChI is InChI=1S/C13H21NOS/c1-16-11-10-15-9-5-8-14-12-13-6-3-2-4-7-13/h2-4,6-7,14H,5,8-12H2,1H3. The maximum Gasteiger partial charge on any atom is 0.0556 e. The zero-order chi connectivity index (χ0) is 11.5. The minimum absolute atomic E-state index is 0.863. The molecule has 0 radical (unpaired) electrons. The van der Waals surface area contributed by atoms with E-state index < -0.39 is 0 Å². The molecule has 16 heavy (non-hydrogen) atoms.